The number of nitrogen functional groups attached to an aromatic ring is 1. The third kappa shape index (κ3) is 3.30. The van der Waals surface area contributed by atoms with Crippen molar-refractivity contribution in [3.05, 3.63) is 68.0 Å². The lowest BCUT2D eigenvalue weighted by molar-refractivity contribution is -0.384. The molecule has 6 heteroatoms. The molecule has 0 saturated heterocycles. The van der Waals surface area contributed by atoms with Gasteiger partial charge in [0.25, 0.3) is 5.69 Å². The van der Waals surface area contributed by atoms with Crippen molar-refractivity contribution in [3.8, 4) is 0 Å². The third-order valence-corrected chi connectivity index (χ3v) is 8.97. The average Bonchev–Trinajstić information content (AvgIpc) is 3.40. The van der Waals surface area contributed by atoms with Crippen molar-refractivity contribution in [1.29, 1.82) is 0 Å². The second-order valence-corrected chi connectivity index (χ2v) is 11.1. The van der Waals surface area contributed by atoms with Crippen LogP contribution >= 0.6 is 0 Å². The molecule has 4 aliphatic rings. The summed E-state index contributed by atoms with van der Waals surface area (Å²) in [7, 11) is 0. The van der Waals surface area contributed by atoms with E-state index in [2.05, 4.69) is 21.3 Å². The second kappa shape index (κ2) is 8.39. The van der Waals surface area contributed by atoms with Crippen LogP contribution in [0.2, 0.25) is 0 Å². The molecular weight excluding hydrogens is 448 g/mol. The molecule has 0 spiro atoms. The Balaban J connectivity index is 0.000000123. The van der Waals surface area contributed by atoms with Crippen LogP contribution in [-0.4, -0.2) is 14.1 Å². The molecule has 6 nitrogen and oxygen atoms in total. The molecule has 2 aromatic carbocycles. The summed E-state index contributed by atoms with van der Waals surface area (Å²) in [6, 6.07) is 7.96. The zero-order valence-electron chi connectivity index (χ0n) is 20.9. The number of nitro benzene ring substituents is 1. The van der Waals surface area contributed by atoms with Gasteiger partial charge < -0.3 is 14.9 Å². The van der Waals surface area contributed by atoms with Crippen LogP contribution in [0.15, 0.2) is 24.3 Å². The number of non-ortho nitro benzene ring substituents is 1. The van der Waals surface area contributed by atoms with Crippen molar-refractivity contribution in [1.82, 2.24) is 9.13 Å². The molecule has 0 fully saturated rings. The first kappa shape index (κ1) is 22.0. The Bertz CT molecular complexity index is 1540. The SMILES string of the molecule is Nc1cc2c3c(c1)c1c(n3CCC2)CCCC1.O=[N+]([O-])c1cc2c3c(c1)c1c(n3CCC2)CCCC1. The van der Waals surface area contributed by atoms with Crippen LogP contribution in [0.1, 0.15) is 72.2 Å². The number of hydrogen-bond donors (Lipinski definition) is 1. The topological polar surface area (TPSA) is 79.0 Å². The quantitative estimate of drug-likeness (QED) is 0.193. The van der Waals surface area contributed by atoms with Gasteiger partial charge in [0.05, 0.1) is 16.0 Å². The number of aryl methyl sites for hydroxylation is 6. The maximum absolute atomic E-state index is 11.1. The van der Waals surface area contributed by atoms with E-state index < -0.39 is 0 Å². The van der Waals surface area contributed by atoms with E-state index in [1.165, 1.54) is 96.7 Å². The number of aromatic nitrogens is 2. The van der Waals surface area contributed by atoms with Crippen molar-refractivity contribution < 1.29 is 4.92 Å². The molecule has 0 unspecified atom stereocenters. The van der Waals surface area contributed by atoms with Crippen LogP contribution in [-0.2, 0) is 51.6 Å². The highest BCUT2D eigenvalue weighted by molar-refractivity contribution is 5.92. The van der Waals surface area contributed by atoms with Gasteiger partial charge >= 0.3 is 0 Å². The summed E-state index contributed by atoms with van der Waals surface area (Å²) in [5, 5.41) is 13.7. The summed E-state index contributed by atoms with van der Waals surface area (Å²) in [6.07, 6.45) is 14.4. The number of nitrogens with zero attached hydrogens (tertiary/aromatic N) is 3. The fraction of sp³-hybridized carbons (Fsp3) is 0.467. The maximum Gasteiger partial charge on any atom is 0.270 e. The molecule has 0 radical (unpaired) electrons. The zero-order valence-corrected chi connectivity index (χ0v) is 20.9. The van der Waals surface area contributed by atoms with Gasteiger partial charge in [0.2, 0.25) is 0 Å². The van der Waals surface area contributed by atoms with E-state index >= 15 is 0 Å². The summed E-state index contributed by atoms with van der Waals surface area (Å²) in [4.78, 5) is 10.9. The molecule has 0 saturated carbocycles. The Morgan fingerprint density at radius 1 is 0.667 bits per heavy atom. The first-order valence-electron chi connectivity index (χ1n) is 13.8. The minimum atomic E-state index is -0.253. The summed E-state index contributed by atoms with van der Waals surface area (Å²) < 4.78 is 5.02. The molecule has 2 aliphatic heterocycles. The van der Waals surface area contributed by atoms with Gasteiger partial charge in [-0.2, -0.15) is 0 Å². The summed E-state index contributed by atoms with van der Waals surface area (Å²) >= 11 is 0. The van der Waals surface area contributed by atoms with Gasteiger partial charge in [-0.05, 0) is 111 Å². The number of nitrogens with two attached hydrogens (primary N) is 1. The lowest BCUT2D eigenvalue weighted by atomic mass is 9.95. The largest absolute Gasteiger partial charge is 0.399 e. The molecule has 2 N–H and O–H groups in total. The minimum absolute atomic E-state index is 0.253. The van der Waals surface area contributed by atoms with Crippen LogP contribution in [0.4, 0.5) is 11.4 Å². The Kier molecular flexibility index (Phi) is 5.12. The molecule has 8 rings (SSSR count). The fourth-order valence-corrected chi connectivity index (χ4v) is 7.55. The van der Waals surface area contributed by atoms with Gasteiger partial charge in [0, 0.05) is 53.1 Å². The van der Waals surface area contributed by atoms with Gasteiger partial charge in [0.1, 0.15) is 0 Å². The zero-order chi connectivity index (χ0) is 24.4. The molecular formula is C30H34N4O2. The monoisotopic (exact) mass is 482 g/mol. The first-order chi connectivity index (χ1) is 17.6. The Hall–Kier alpha value is -3.28. The van der Waals surface area contributed by atoms with Crippen LogP contribution in [0.25, 0.3) is 21.8 Å². The van der Waals surface area contributed by atoms with Gasteiger partial charge in [0.15, 0.2) is 0 Å². The van der Waals surface area contributed by atoms with E-state index in [-0.39, 0.29) is 10.6 Å². The van der Waals surface area contributed by atoms with E-state index in [4.69, 9.17) is 5.73 Å². The van der Waals surface area contributed by atoms with Crippen molar-refractivity contribution in [2.24, 2.45) is 0 Å². The van der Waals surface area contributed by atoms with E-state index in [0.29, 0.717) is 0 Å². The van der Waals surface area contributed by atoms with Gasteiger partial charge in [-0.3, -0.25) is 10.1 Å². The average molecular weight is 483 g/mol. The normalized spacial score (nSPS) is 17.9. The molecule has 2 aliphatic carbocycles. The lowest BCUT2D eigenvalue weighted by Gasteiger charge is -2.19. The molecule has 36 heavy (non-hydrogen) atoms. The number of nitro groups is 1. The number of rotatable bonds is 1. The molecule has 4 aromatic rings. The number of benzene rings is 2. The molecule has 0 bridgehead atoms. The summed E-state index contributed by atoms with van der Waals surface area (Å²) in [5.74, 6) is 0. The highest BCUT2D eigenvalue weighted by atomic mass is 16.6. The Morgan fingerprint density at radius 2 is 1.19 bits per heavy atom. The fourth-order valence-electron chi connectivity index (χ4n) is 7.55. The van der Waals surface area contributed by atoms with E-state index in [1.54, 1.807) is 23.4 Å². The first-order valence-corrected chi connectivity index (χ1v) is 13.8. The summed E-state index contributed by atoms with van der Waals surface area (Å²) in [6.45, 7) is 2.29. The number of hydrogen-bond acceptors (Lipinski definition) is 3. The van der Waals surface area contributed by atoms with Crippen LogP contribution < -0.4 is 5.73 Å². The molecule has 2 aromatic heterocycles. The van der Waals surface area contributed by atoms with Crippen LogP contribution in [0.3, 0.4) is 0 Å². The number of fused-ring (bicyclic) bond motifs is 6. The summed E-state index contributed by atoms with van der Waals surface area (Å²) in [5.41, 5.74) is 18.7. The van der Waals surface area contributed by atoms with E-state index in [1.807, 2.05) is 0 Å². The van der Waals surface area contributed by atoms with Gasteiger partial charge in [-0.15, -0.1) is 0 Å². The van der Waals surface area contributed by atoms with Crippen molar-refractivity contribution >= 4 is 33.2 Å². The van der Waals surface area contributed by atoms with Gasteiger partial charge in [-0.25, -0.2) is 0 Å². The van der Waals surface area contributed by atoms with Crippen LogP contribution in [0.5, 0.6) is 0 Å². The second-order valence-electron chi connectivity index (χ2n) is 11.1. The van der Waals surface area contributed by atoms with Crippen molar-refractivity contribution in [2.45, 2.75) is 90.1 Å². The molecule has 0 amide bonds. The predicted octanol–water partition coefficient (Wildman–Crippen LogP) is 6.42. The predicted molar refractivity (Wildman–Crippen MR) is 145 cm³/mol. The van der Waals surface area contributed by atoms with E-state index in [9.17, 15) is 10.1 Å². The highest BCUT2D eigenvalue weighted by Gasteiger charge is 2.26. The number of anilines is 1. The highest BCUT2D eigenvalue weighted by Crippen LogP contribution is 2.39. The van der Waals surface area contributed by atoms with Crippen molar-refractivity contribution in [2.75, 3.05) is 5.73 Å². The lowest BCUT2D eigenvalue weighted by Crippen LogP contribution is -2.12. The Morgan fingerprint density at radius 3 is 1.78 bits per heavy atom. The van der Waals surface area contributed by atoms with E-state index in [0.717, 1.165) is 43.3 Å². The third-order valence-electron chi connectivity index (χ3n) is 8.97. The standard InChI is InChI=1S/C15H16N2O2.C15H18N2/c18-17(19)11-8-10-4-3-7-16-14-6-2-1-5-12(14)13(9-11)15(10)16;16-11-8-10-4-3-7-17-14-6-2-1-5-12(14)13(9-11)15(10)17/h8-9H,1-7H2;8-9H,1-7,16H2. The molecule has 186 valence electrons. The molecule has 4 heterocycles. The maximum atomic E-state index is 11.1. The van der Waals surface area contributed by atoms with Gasteiger partial charge in [-0.1, -0.05) is 0 Å². The Labute approximate surface area is 211 Å². The van der Waals surface area contributed by atoms with Crippen LogP contribution in [0, 0.1) is 10.1 Å². The minimum Gasteiger partial charge on any atom is -0.399 e. The van der Waals surface area contributed by atoms with Crippen molar-refractivity contribution in [3.63, 3.8) is 0 Å². The molecule has 0 atom stereocenters. The smallest absolute Gasteiger partial charge is 0.270 e.